The lowest BCUT2D eigenvalue weighted by Gasteiger charge is -2.08. The highest BCUT2D eigenvalue weighted by Gasteiger charge is 2.13. The number of amides is 1. The predicted octanol–water partition coefficient (Wildman–Crippen LogP) is 2.05. The van der Waals surface area contributed by atoms with E-state index in [1.54, 1.807) is 0 Å². The number of carboxylic acids is 1. The van der Waals surface area contributed by atoms with E-state index in [0.29, 0.717) is 0 Å². The van der Waals surface area contributed by atoms with Gasteiger partial charge in [-0.25, -0.2) is 4.79 Å². The Labute approximate surface area is 113 Å². The lowest BCUT2D eigenvalue weighted by atomic mass is 10.1. The molecule has 0 saturated heterocycles. The third-order valence-electron chi connectivity index (χ3n) is 2.59. The van der Waals surface area contributed by atoms with Gasteiger partial charge < -0.3 is 20.6 Å². The zero-order valence-electron chi connectivity index (χ0n) is 10.2. The number of phenols is 2. The summed E-state index contributed by atoms with van der Waals surface area (Å²) in [6.07, 6.45) is 0. The van der Waals surface area contributed by atoms with Crippen LogP contribution in [0.25, 0.3) is 0 Å². The fraction of sp³-hybridized carbons (Fsp3) is 0. The van der Waals surface area contributed by atoms with Gasteiger partial charge in [-0.05, 0) is 36.4 Å². The van der Waals surface area contributed by atoms with Gasteiger partial charge in [-0.1, -0.05) is 6.07 Å². The van der Waals surface area contributed by atoms with Crippen molar-refractivity contribution in [2.75, 3.05) is 5.32 Å². The van der Waals surface area contributed by atoms with Crippen molar-refractivity contribution < 1.29 is 24.9 Å². The maximum absolute atomic E-state index is 11.9. The van der Waals surface area contributed by atoms with E-state index in [2.05, 4.69) is 5.32 Å². The summed E-state index contributed by atoms with van der Waals surface area (Å²) in [6.45, 7) is 0. The standard InChI is InChI=1S/C14H11NO5/c16-10-4-5-12(17)11(7-10)13(18)15-9-3-1-2-8(6-9)14(19)20/h1-7,16-17H,(H,15,18)(H,19,20). The number of rotatable bonds is 3. The van der Waals surface area contributed by atoms with E-state index in [1.807, 2.05) is 0 Å². The summed E-state index contributed by atoms with van der Waals surface area (Å²) in [5.74, 6) is -2.20. The fourth-order valence-corrected chi connectivity index (χ4v) is 1.63. The molecular formula is C14H11NO5. The van der Waals surface area contributed by atoms with E-state index < -0.39 is 11.9 Å². The first-order chi connectivity index (χ1) is 9.47. The molecule has 0 atom stereocenters. The topological polar surface area (TPSA) is 107 Å². The molecule has 0 radical (unpaired) electrons. The molecule has 0 unspecified atom stereocenters. The summed E-state index contributed by atoms with van der Waals surface area (Å²) in [6, 6.07) is 9.25. The van der Waals surface area contributed by atoms with Crippen LogP contribution in [0, 0.1) is 0 Å². The number of carboxylic acid groups (broad SMARTS) is 1. The lowest BCUT2D eigenvalue weighted by molar-refractivity contribution is 0.0696. The first kappa shape index (κ1) is 13.4. The van der Waals surface area contributed by atoms with Gasteiger partial charge >= 0.3 is 5.97 Å². The van der Waals surface area contributed by atoms with E-state index in [-0.39, 0.29) is 28.3 Å². The van der Waals surface area contributed by atoms with Crippen LogP contribution in [-0.2, 0) is 0 Å². The quantitative estimate of drug-likeness (QED) is 0.640. The summed E-state index contributed by atoms with van der Waals surface area (Å²) in [5.41, 5.74) is 0.200. The van der Waals surface area contributed by atoms with Crippen molar-refractivity contribution in [1.29, 1.82) is 0 Å². The molecule has 0 saturated carbocycles. The third-order valence-corrected chi connectivity index (χ3v) is 2.59. The van der Waals surface area contributed by atoms with E-state index in [9.17, 15) is 19.8 Å². The Morgan fingerprint density at radius 2 is 1.75 bits per heavy atom. The van der Waals surface area contributed by atoms with E-state index in [0.717, 1.165) is 6.07 Å². The molecule has 6 nitrogen and oxygen atoms in total. The van der Waals surface area contributed by atoms with Gasteiger partial charge in [0.15, 0.2) is 0 Å². The summed E-state index contributed by atoms with van der Waals surface area (Å²) < 4.78 is 0. The van der Waals surface area contributed by atoms with Crippen molar-refractivity contribution in [3.8, 4) is 11.5 Å². The molecule has 4 N–H and O–H groups in total. The highest BCUT2D eigenvalue weighted by molar-refractivity contribution is 6.06. The highest BCUT2D eigenvalue weighted by Crippen LogP contribution is 2.23. The van der Waals surface area contributed by atoms with Crippen molar-refractivity contribution in [3.63, 3.8) is 0 Å². The van der Waals surface area contributed by atoms with Crippen LogP contribution in [0.5, 0.6) is 11.5 Å². The first-order valence-corrected chi connectivity index (χ1v) is 5.64. The number of hydrogen-bond donors (Lipinski definition) is 4. The van der Waals surface area contributed by atoms with Crippen LogP contribution in [0.3, 0.4) is 0 Å². The average molecular weight is 273 g/mol. The predicted molar refractivity (Wildman–Crippen MR) is 71.1 cm³/mol. The van der Waals surface area contributed by atoms with Crippen molar-refractivity contribution in [3.05, 3.63) is 53.6 Å². The second kappa shape index (κ2) is 5.31. The largest absolute Gasteiger partial charge is 0.508 e. The Kier molecular flexibility index (Phi) is 3.56. The Morgan fingerprint density at radius 3 is 2.45 bits per heavy atom. The van der Waals surface area contributed by atoms with E-state index in [4.69, 9.17) is 5.11 Å². The number of aromatic hydroxyl groups is 2. The summed E-state index contributed by atoms with van der Waals surface area (Å²) in [5, 5.41) is 30.2. The molecule has 2 rings (SSSR count). The lowest BCUT2D eigenvalue weighted by Crippen LogP contribution is -2.12. The van der Waals surface area contributed by atoms with Crippen LogP contribution in [0.2, 0.25) is 0 Å². The van der Waals surface area contributed by atoms with Gasteiger partial charge in [0.25, 0.3) is 5.91 Å². The summed E-state index contributed by atoms with van der Waals surface area (Å²) in [7, 11) is 0. The molecule has 1 amide bonds. The molecule has 0 spiro atoms. The van der Waals surface area contributed by atoms with Crippen LogP contribution in [0.4, 0.5) is 5.69 Å². The van der Waals surface area contributed by atoms with Crippen LogP contribution in [-0.4, -0.2) is 27.2 Å². The summed E-state index contributed by atoms with van der Waals surface area (Å²) >= 11 is 0. The minimum absolute atomic E-state index is 0.0305. The van der Waals surface area contributed by atoms with Gasteiger partial charge in [0.05, 0.1) is 11.1 Å². The fourth-order valence-electron chi connectivity index (χ4n) is 1.63. The van der Waals surface area contributed by atoms with Gasteiger partial charge in [0.2, 0.25) is 0 Å². The number of hydrogen-bond acceptors (Lipinski definition) is 4. The minimum Gasteiger partial charge on any atom is -0.508 e. The van der Waals surface area contributed by atoms with Gasteiger partial charge in [-0.15, -0.1) is 0 Å². The maximum Gasteiger partial charge on any atom is 0.335 e. The molecule has 102 valence electrons. The van der Waals surface area contributed by atoms with Crippen molar-refractivity contribution in [1.82, 2.24) is 0 Å². The molecule has 0 aromatic heterocycles. The Hall–Kier alpha value is -3.02. The monoisotopic (exact) mass is 273 g/mol. The van der Waals surface area contributed by atoms with Gasteiger partial charge in [0.1, 0.15) is 11.5 Å². The normalized spacial score (nSPS) is 10.0. The van der Waals surface area contributed by atoms with Crippen LogP contribution in [0.15, 0.2) is 42.5 Å². The summed E-state index contributed by atoms with van der Waals surface area (Å²) in [4.78, 5) is 22.8. The molecular weight excluding hydrogens is 262 g/mol. The molecule has 0 bridgehead atoms. The number of carbonyl (C=O) groups is 2. The number of aromatic carboxylic acids is 1. The Bertz CT molecular complexity index is 681. The van der Waals surface area contributed by atoms with E-state index in [1.165, 1.54) is 36.4 Å². The smallest absolute Gasteiger partial charge is 0.335 e. The molecule has 2 aromatic rings. The van der Waals surface area contributed by atoms with E-state index >= 15 is 0 Å². The third kappa shape index (κ3) is 2.86. The second-order valence-electron chi connectivity index (χ2n) is 4.04. The minimum atomic E-state index is -1.11. The number of nitrogens with one attached hydrogen (secondary N) is 1. The maximum atomic E-state index is 11.9. The SMILES string of the molecule is O=C(O)c1cccc(NC(=O)c2cc(O)ccc2O)c1. The molecule has 0 aliphatic rings. The second-order valence-corrected chi connectivity index (χ2v) is 4.04. The zero-order chi connectivity index (χ0) is 14.7. The van der Waals surface area contributed by atoms with Gasteiger partial charge in [-0.2, -0.15) is 0 Å². The molecule has 6 heteroatoms. The number of anilines is 1. The zero-order valence-corrected chi connectivity index (χ0v) is 10.2. The average Bonchev–Trinajstić information content (AvgIpc) is 2.41. The Balaban J connectivity index is 2.25. The molecule has 0 heterocycles. The highest BCUT2D eigenvalue weighted by atomic mass is 16.4. The molecule has 0 fully saturated rings. The van der Waals surface area contributed by atoms with Crippen LogP contribution in [0.1, 0.15) is 20.7 Å². The first-order valence-electron chi connectivity index (χ1n) is 5.64. The molecule has 0 aliphatic heterocycles. The van der Waals surface area contributed by atoms with Crippen molar-refractivity contribution in [2.45, 2.75) is 0 Å². The number of carbonyl (C=O) groups excluding carboxylic acids is 1. The molecule has 2 aromatic carbocycles. The van der Waals surface area contributed by atoms with Crippen LogP contribution < -0.4 is 5.32 Å². The number of benzene rings is 2. The number of phenolic OH excluding ortho intramolecular Hbond substituents is 2. The van der Waals surface area contributed by atoms with Crippen LogP contribution >= 0.6 is 0 Å². The Morgan fingerprint density at radius 1 is 1.00 bits per heavy atom. The molecule has 20 heavy (non-hydrogen) atoms. The van der Waals surface area contributed by atoms with Gasteiger partial charge in [-0.3, -0.25) is 4.79 Å². The van der Waals surface area contributed by atoms with Gasteiger partial charge in [0, 0.05) is 5.69 Å². The van der Waals surface area contributed by atoms with Crippen molar-refractivity contribution >= 4 is 17.6 Å². The van der Waals surface area contributed by atoms with Crippen molar-refractivity contribution in [2.24, 2.45) is 0 Å². The molecule has 0 aliphatic carbocycles.